The molecular weight excluding hydrogens is 288 g/mol. The molecule has 0 aromatic carbocycles. The van der Waals surface area contributed by atoms with Crippen LogP contribution in [-0.2, 0) is 13.9 Å². The molecular formula is C7H17NO8P2. The molecule has 0 aliphatic heterocycles. The molecule has 0 aromatic rings. The molecule has 5 N–H and O–H groups in total. The van der Waals surface area contributed by atoms with Gasteiger partial charge in [0, 0.05) is 0 Å². The van der Waals surface area contributed by atoms with Crippen molar-refractivity contribution in [3.63, 3.8) is 0 Å². The lowest BCUT2D eigenvalue weighted by molar-refractivity contribution is -0.142. The van der Waals surface area contributed by atoms with Gasteiger partial charge in [-0.05, 0) is 6.42 Å². The number of carbonyl (C=O) groups is 1. The van der Waals surface area contributed by atoms with Gasteiger partial charge in [-0.2, -0.15) is 0 Å². The highest BCUT2D eigenvalue weighted by atomic mass is 31.2. The largest absolute Gasteiger partial charge is 0.480 e. The van der Waals surface area contributed by atoms with E-state index in [0.29, 0.717) is 11.3 Å². The molecule has 11 heteroatoms. The van der Waals surface area contributed by atoms with Gasteiger partial charge in [0.05, 0.1) is 0 Å². The van der Waals surface area contributed by atoms with Crippen LogP contribution in [0.15, 0.2) is 0 Å². The summed E-state index contributed by atoms with van der Waals surface area (Å²) in [6.45, 7) is 1.66. The molecule has 0 saturated carbocycles. The summed E-state index contributed by atoms with van der Waals surface area (Å²) in [5.74, 6) is -1.38. The molecule has 0 radical (unpaired) electrons. The van der Waals surface area contributed by atoms with Crippen molar-refractivity contribution in [2.75, 3.05) is 12.6 Å². The van der Waals surface area contributed by atoms with Crippen LogP contribution in [0.2, 0.25) is 0 Å². The number of hydrogen-bond donors (Lipinski definition) is 5. The number of rotatable bonds is 8. The molecule has 18 heavy (non-hydrogen) atoms. The first-order valence-electron chi connectivity index (χ1n) is 5.02. The summed E-state index contributed by atoms with van der Waals surface area (Å²) in [5.41, 5.74) is 0. The average molecular weight is 305 g/mol. The van der Waals surface area contributed by atoms with E-state index >= 15 is 0 Å². The van der Waals surface area contributed by atoms with Crippen molar-refractivity contribution >= 4 is 21.2 Å². The van der Waals surface area contributed by atoms with Crippen molar-refractivity contribution in [2.45, 2.75) is 25.8 Å². The van der Waals surface area contributed by atoms with Crippen molar-refractivity contribution in [3.05, 3.63) is 0 Å². The van der Waals surface area contributed by atoms with Gasteiger partial charge in [-0.3, -0.25) is 18.8 Å². The highest BCUT2D eigenvalue weighted by Gasteiger charge is 2.34. The lowest BCUT2D eigenvalue weighted by atomic mass is 10.1. The van der Waals surface area contributed by atoms with Gasteiger partial charge in [-0.1, -0.05) is 13.3 Å². The van der Waals surface area contributed by atoms with Crippen LogP contribution in [0.1, 0.15) is 19.8 Å². The number of carboxylic acid groups (broad SMARTS) is 1. The summed E-state index contributed by atoms with van der Waals surface area (Å²) in [4.78, 5) is 46.8. The van der Waals surface area contributed by atoms with Crippen molar-refractivity contribution in [3.8, 4) is 0 Å². The average Bonchev–Trinajstić information content (AvgIpc) is 2.07. The van der Waals surface area contributed by atoms with E-state index in [2.05, 4.69) is 0 Å². The summed E-state index contributed by atoms with van der Waals surface area (Å²) in [6, 6.07) is -1.34. The highest BCUT2D eigenvalue weighted by molar-refractivity contribution is 7.52. The minimum absolute atomic E-state index is 0.0370. The molecule has 0 aliphatic carbocycles. The fourth-order valence-corrected chi connectivity index (χ4v) is 3.15. The van der Waals surface area contributed by atoms with E-state index in [9.17, 15) is 13.9 Å². The van der Waals surface area contributed by atoms with E-state index in [1.165, 1.54) is 0 Å². The van der Waals surface area contributed by atoms with Crippen LogP contribution in [-0.4, -0.2) is 54.2 Å². The normalized spacial score (nSPS) is 14.8. The number of carboxylic acids is 1. The smallest absolute Gasteiger partial charge is 0.339 e. The Morgan fingerprint density at radius 2 is 1.50 bits per heavy atom. The van der Waals surface area contributed by atoms with Crippen LogP contribution in [0.25, 0.3) is 0 Å². The third-order valence-electron chi connectivity index (χ3n) is 2.02. The highest BCUT2D eigenvalue weighted by Crippen LogP contribution is 2.42. The van der Waals surface area contributed by atoms with Crippen LogP contribution >= 0.6 is 15.2 Å². The quantitative estimate of drug-likeness (QED) is 0.383. The first-order valence-corrected chi connectivity index (χ1v) is 8.62. The van der Waals surface area contributed by atoms with Gasteiger partial charge in [0.25, 0.3) is 0 Å². The number of aliphatic carboxylic acids is 1. The van der Waals surface area contributed by atoms with Gasteiger partial charge in [-0.25, -0.2) is 0 Å². The molecule has 0 bridgehead atoms. The molecule has 9 nitrogen and oxygen atoms in total. The maximum atomic E-state index is 11.0. The maximum Gasteiger partial charge on any atom is 0.339 e. The van der Waals surface area contributed by atoms with Crippen molar-refractivity contribution in [1.29, 1.82) is 0 Å². The van der Waals surface area contributed by atoms with Crippen LogP contribution in [0.5, 0.6) is 0 Å². The first-order chi connectivity index (χ1) is 7.96. The topological polar surface area (TPSA) is 156 Å². The molecule has 1 unspecified atom stereocenters. The molecule has 1 atom stereocenters. The van der Waals surface area contributed by atoms with Gasteiger partial charge >= 0.3 is 21.2 Å². The Morgan fingerprint density at radius 1 is 1.11 bits per heavy atom. The summed E-state index contributed by atoms with van der Waals surface area (Å²) in [5, 5.41) is 8.92. The molecule has 0 aliphatic rings. The minimum atomic E-state index is -4.61. The van der Waals surface area contributed by atoms with Gasteiger partial charge in [0.2, 0.25) is 0 Å². The van der Waals surface area contributed by atoms with E-state index in [1.807, 2.05) is 0 Å². The molecule has 0 fully saturated rings. The van der Waals surface area contributed by atoms with Gasteiger partial charge in [0.1, 0.15) is 18.6 Å². The fourth-order valence-electron chi connectivity index (χ4n) is 1.45. The van der Waals surface area contributed by atoms with Gasteiger partial charge in [0.15, 0.2) is 0 Å². The van der Waals surface area contributed by atoms with E-state index in [-0.39, 0.29) is 6.42 Å². The second-order valence-corrected chi connectivity index (χ2v) is 7.07. The van der Waals surface area contributed by atoms with Gasteiger partial charge < -0.3 is 24.7 Å². The molecule has 108 valence electrons. The number of hydrogen-bond acceptors (Lipinski definition) is 4. The van der Waals surface area contributed by atoms with Gasteiger partial charge in [-0.15, -0.1) is 0 Å². The summed E-state index contributed by atoms with van der Waals surface area (Å²) in [7, 11) is -9.21. The molecule has 0 aromatic heterocycles. The Labute approximate surface area is 104 Å². The molecule has 0 amide bonds. The van der Waals surface area contributed by atoms with Crippen LogP contribution < -0.4 is 0 Å². The van der Waals surface area contributed by atoms with Crippen LogP contribution in [0.3, 0.4) is 0 Å². The number of nitrogens with zero attached hydrogens (tertiary/aromatic N) is 1. The minimum Gasteiger partial charge on any atom is -0.480 e. The first kappa shape index (κ1) is 17.7. The predicted octanol–water partition coefficient (Wildman–Crippen LogP) is -0.188. The Kier molecular flexibility index (Phi) is 6.67. The Morgan fingerprint density at radius 3 is 1.72 bits per heavy atom. The Hall–Kier alpha value is -0.270. The summed E-state index contributed by atoms with van der Waals surface area (Å²) < 4.78 is 21.7. The predicted molar refractivity (Wildman–Crippen MR) is 62.0 cm³/mol. The monoisotopic (exact) mass is 305 g/mol. The third-order valence-corrected chi connectivity index (χ3v) is 3.48. The zero-order valence-corrected chi connectivity index (χ0v) is 11.5. The second kappa shape index (κ2) is 6.77. The van der Waals surface area contributed by atoms with Crippen molar-refractivity contribution in [2.24, 2.45) is 0 Å². The Bertz CT molecular complexity index is 350. The van der Waals surface area contributed by atoms with Crippen LogP contribution in [0.4, 0.5) is 0 Å². The standard InChI is InChI=1S/C7H17NO8P2/c1-2-3-6(7(9)10)8(4-17(11,12)13)5-18(14,15)16/h6H,2-5H2,1H3,(H,9,10)(H2,11,12,13)(H2,14,15,16). The fraction of sp³-hybridized carbons (Fsp3) is 0.857. The van der Waals surface area contributed by atoms with Crippen molar-refractivity contribution < 1.29 is 38.6 Å². The summed E-state index contributed by atoms with van der Waals surface area (Å²) >= 11 is 0. The molecule has 0 spiro atoms. The van der Waals surface area contributed by atoms with E-state index in [0.717, 1.165) is 0 Å². The zero-order valence-electron chi connectivity index (χ0n) is 9.71. The maximum absolute atomic E-state index is 11.0. The molecule has 0 rings (SSSR count). The summed E-state index contributed by atoms with van der Waals surface area (Å²) in [6.07, 6.45) is -1.57. The zero-order chi connectivity index (χ0) is 14.6. The molecule has 0 saturated heterocycles. The van der Waals surface area contributed by atoms with E-state index in [4.69, 9.17) is 24.7 Å². The SMILES string of the molecule is CCCC(C(=O)O)N(CP(=O)(O)O)CP(=O)(O)O. The lowest BCUT2D eigenvalue weighted by Crippen LogP contribution is -2.42. The lowest BCUT2D eigenvalue weighted by Gasteiger charge is -2.28. The van der Waals surface area contributed by atoms with Crippen molar-refractivity contribution in [1.82, 2.24) is 4.90 Å². The second-order valence-electron chi connectivity index (χ2n) is 3.84. The van der Waals surface area contributed by atoms with Crippen LogP contribution in [0, 0.1) is 0 Å². The van der Waals surface area contributed by atoms with E-state index in [1.54, 1.807) is 6.92 Å². The molecule has 0 heterocycles. The van der Waals surface area contributed by atoms with E-state index < -0.39 is 39.8 Å². The third kappa shape index (κ3) is 7.94. The Balaban J connectivity index is 5.09.